The molecule has 0 fully saturated rings. The zero-order valence-corrected chi connectivity index (χ0v) is 17.8. The van der Waals surface area contributed by atoms with Gasteiger partial charge < -0.3 is 10.1 Å². The molecule has 10 heteroatoms. The summed E-state index contributed by atoms with van der Waals surface area (Å²) in [6.45, 7) is 0. The Morgan fingerprint density at radius 2 is 1.80 bits per heavy atom. The van der Waals surface area contributed by atoms with E-state index in [0.717, 1.165) is 27.6 Å². The summed E-state index contributed by atoms with van der Waals surface area (Å²) in [5.41, 5.74) is 2.16. The number of benzene rings is 2. The molecule has 2 N–H and O–H groups in total. The Kier molecular flexibility index (Phi) is 5.35. The van der Waals surface area contributed by atoms with Crippen LogP contribution in [-0.2, 0) is 10.2 Å². The summed E-state index contributed by atoms with van der Waals surface area (Å²) in [6.07, 6.45) is 0.729. The quantitative estimate of drug-likeness (QED) is 0.626. The highest BCUT2D eigenvalue weighted by Gasteiger charge is 2.32. The number of hydrogen-bond donors (Lipinski definition) is 2. The molecule has 0 unspecified atom stereocenters. The van der Waals surface area contributed by atoms with Crippen molar-refractivity contribution in [3.05, 3.63) is 65.7 Å². The van der Waals surface area contributed by atoms with Crippen LogP contribution >= 0.6 is 0 Å². The first kappa shape index (κ1) is 20.2. The zero-order chi connectivity index (χ0) is 21.3. The molecule has 1 aliphatic rings. The summed E-state index contributed by atoms with van der Waals surface area (Å²) < 4.78 is 34.9. The fourth-order valence-corrected chi connectivity index (χ4v) is 3.93. The third-order valence-corrected chi connectivity index (χ3v) is 6.49. The van der Waals surface area contributed by atoms with Crippen LogP contribution in [0.15, 0.2) is 54.6 Å². The number of rotatable bonds is 6. The van der Waals surface area contributed by atoms with Gasteiger partial charge in [0.1, 0.15) is 5.75 Å². The van der Waals surface area contributed by atoms with Crippen molar-refractivity contribution in [1.29, 1.82) is 0 Å². The van der Waals surface area contributed by atoms with Crippen molar-refractivity contribution < 1.29 is 13.2 Å². The minimum atomic E-state index is -3.70. The van der Waals surface area contributed by atoms with Gasteiger partial charge in [0, 0.05) is 14.1 Å². The van der Waals surface area contributed by atoms with E-state index >= 15 is 0 Å². The number of methoxy groups -OCH3 is 1. The lowest BCUT2D eigenvalue weighted by Gasteiger charge is -2.31. The van der Waals surface area contributed by atoms with Crippen LogP contribution in [0.25, 0.3) is 0 Å². The molecule has 1 aliphatic heterocycles. The van der Waals surface area contributed by atoms with Crippen LogP contribution in [-0.4, -0.2) is 48.7 Å². The Bertz CT molecular complexity index is 1110. The van der Waals surface area contributed by atoms with E-state index in [9.17, 15) is 8.42 Å². The monoisotopic (exact) mass is 428 g/mol. The molecule has 158 valence electrons. The summed E-state index contributed by atoms with van der Waals surface area (Å²) in [4.78, 5) is 4.40. The zero-order valence-electron chi connectivity index (χ0n) is 17.0. The third kappa shape index (κ3) is 3.96. The smallest absolute Gasteiger partial charge is 0.303 e. The number of aromatic nitrogens is 3. The van der Waals surface area contributed by atoms with Crippen molar-refractivity contribution in [2.24, 2.45) is 0 Å². The van der Waals surface area contributed by atoms with Gasteiger partial charge in [0.25, 0.3) is 5.95 Å². The molecule has 0 amide bonds. The van der Waals surface area contributed by atoms with E-state index in [1.54, 1.807) is 11.8 Å². The number of nitrogens with zero attached hydrogens (tertiary/aromatic N) is 4. The van der Waals surface area contributed by atoms with Crippen molar-refractivity contribution >= 4 is 22.1 Å². The van der Waals surface area contributed by atoms with Crippen molar-refractivity contribution in [2.75, 3.05) is 31.2 Å². The normalized spacial score (nSPS) is 18.5. The molecule has 0 spiro atoms. The number of anilines is 2. The highest BCUT2D eigenvalue weighted by molar-refractivity contribution is 7.90. The van der Waals surface area contributed by atoms with Gasteiger partial charge in [-0.2, -0.15) is 17.7 Å². The Morgan fingerprint density at radius 3 is 2.43 bits per heavy atom. The number of hydrogen-bond acceptors (Lipinski definition) is 6. The van der Waals surface area contributed by atoms with Gasteiger partial charge in [0.05, 0.1) is 19.2 Å². The highest BCUT2D eigenvalue weighted by atomic mass is 32.2. The Morgan fingerprint density at radius 1 is 1.10 bits per heavy atom. The van der Waals surface area contributed by atoms with Crippen LogP contribution in [0.5, 0.6) is 5.75 Å². The number of ether oxygens (including phenoxy) is 1. The standard InChI is InChI=1S/C20H24N6O3S/c1-25(2)30(27,28)24-19-22-20-21-17(14-9-11-16(29-3)12-10-14)13-18(26(20)23-19)15-7-5-4-6-8-15/h4-12,17-18H,13H2,1-3H3,(H2,21,22,23,24)/t17-,18-/m1/s1. The average molecular weight is 429 g/mol. The minimum Gasteiger partial charge on any atom is -0.497 e. The van der Waals surface area contributed by atoms with Crippen molar-refractivity contribution in [2.45, 2.75) is 18.5 Å². The molecule has 0 aliphatic carbocycles. The van der Waals surface area contributed by atoms with Crippen LogP contribution in [0.1, 0.15) is 29.6 Å². The van der Waals surface area contributed by atoms with E-state index in [4.69, 9.17) is 4.74 Å². The number of fused-ring (bicyclic) bond motifs is 1. The SMILES string of the molecule is COc1ccc([C@H]2C[C@H](c3ccccc3)n3nc(NS(=O)(=O)N(C)C)nc3N2)cc1. The van der Waals surface area contributed by atoms with E-state index < -0.39 is 10.2 Å². The van der Waals surface area contributed by atoms with Crippen molar-refractivity contribution in [3.8, 4) is 5.75 Å². The van der Waals surface area contributed by atoms with Crippen LogP contribution in [0.2, 0.25) is 0 Å². The second-order valence-electron chi connectivity index (χ2n) is 7.23. The van der Waals surface area contributed by atoms with Gasteiger partial charge in [-0.1, -0.05) is 42.5 Å². The van der Waals surface area contributed by atoms with Gasteiger partial charge >= 0.3 is 10.2 Å². The molecule has 4 rings (SSSR count). The van der Waals surface area contributed by atoms with E-state index in [1.165, 1.54) is 14.1 Å². The first-order chi connectivity index (χ1) is 14.4. The van der Waals surface area contributed by atoms with Gasteiger partial charge in [-0.05, 0) is 29.7 Å². The van der Waals surface area contributed by atoms with E-state index in [2.05, 4.69) is 20.1 Å². The lowest BCUT2D eigenvalue weighted by Crippen LogP contribution is -2.29. The topological polar surface area (TPSA) is 101 Å². The van der Waals surface area contributed by atoms with E-state index in [-0.39, 0.29) is 18.0 Å². The van der Waals surface area contributed by atoms with Gasteiger partial charge in [-0.25, -0.2) is 9.40 Å². The summed E-state index contributed by atoms with van der Waals surface area (Å²) >= 11 is 0. The second kappa shape index (κ2) is 7.96. The summed E-state index contributed by atoms with van der Waals surface area (Å²) in [5.74, 6) is 1.33. The van der Waals surface area contributed by atoms with Crippen molar-refractivity contribution in [3.63, 3.8) is 0 Å². The predicted octanol–water partition coefficient (Wildman–Crippen LogP) is 2.65. The molecule has 3 aromatic rings. The predicted molar refractivity (Wildman–Crippen MR) is 115 cm³/mol. The molecule has 2 atom stereocenters. The largest absolute Gasteiger partial charge is 0.497 e. The lowest BCUT2D eigenvalue weighted by atomic mass is 9.93. The molecular formula is C20H24N6O3S. The summed E-state index contributed by atoms with van der Waals surface area (Å²) in [5, 5.41) is 7.82. The van der Waals surface area contributed by atoms with Crippen LogP contribution in [0, 0.1) is 0 Å². The fraction of sp³-hybridized carbons (Fsp3) is 0.300. The minimum absolute atomic E-state index is 0.0175. The third-order valence-electron chi connectivity index (χ3n) is 5.09. The Balaban J connectivity index is 1.71. The Hall–Kier alpha value is -3.11. The maximum atomic E-state index is 12.2. The molecule has 0 saturated heterocycles. The fourth-order valence-electron chi connectivity index (χ4n) is 3.43. The van der Waals surface area contributed by atoms with E-state index in [1.807, 2.05) is 54.6 Å². The Labute approximate surface area is 175 Å². The van der Waals surface area contributed by atoms with Crippen molar-refractivity contribution in [1.82, 2.24) is 19.1 Å². The molecule has 9 nitrogen and oxygen atoms in total. The molecule has 2 aromatic carbocycles. The van der Waals surface area contributed by atoms with Gasteiger partial charge in [0.2, 0.25) is 5.95 Å². The van der Waals surface area contributed by atoms with Gasteiger partial charge in [-0.3, -0.25) is 0 Å². The lowest BCUT2D eigenvalue weighted by molar-refractivity contribution is 0.413. The first-order valence-corrected chi connectivity index (χ1v) is 10.9. The van der Waals surface area contributed by atoms with Gasteiger partial charge in [-0.15, -0.1) is 5.10 Å². The first-order valence-electron chi connectivity index (χ1n) is 9.49. The molecular weight excluding hydrogens is 404 g/mol. The highest BCUT2D eigenvalue weighted by Crippen LogP contribution is 2.38. The maximum absolute atomic E-state index is 12.2. The van der Waals surface area contributed by atoms with Crippen LogP contribution < -0.4 is 14.8 Å². The second-order valence-corrected chi connectivity index (χ2v) is 9.11. The molecule has 0 radical (unpaired) electrons. The van der Waals surface area contributed by atoms with Crippen LogP contribution in [0.4, 0.5) is 11.9 Å². The maximum Gasteiger partial charge on any atom is 0.303 e. The molecule has 30 heavy (non-hydrogen) atoms. The molecule has 2 heterocycles. The summed E-state index contributed by atoms with van der Waals surface area (Å²) in [7, 11) is 0.829. The molecule has 0 bridgehead atoms. The van der Waals surface area contributed by atoms with Gasteiger partial charge in [0.15, 0.2) is 0 Å². The van der Waals surface area contributed by atoms with Crippen LogP contribution in [0.3, 0.4) is 0 Å². The number of nitrogens with one attached hydrogen (secondary N) is 2. The van der Waals surface area contributed by atoms with E-state index in [0.29, 0.717) is 5.95 Å². The average Bonchev–Trinajstić information content (AvgIpc) is 3.15. The summed E-state index contributed by atoms with van der Waals surface area (Å²) in [6, 6.07) is 17.8. The molecule has 1 aromatic heterocycles. The molecule has 0 saturated carbocycles.